The van der Waals surface area contributed by atoms with Crippen LogP contribution in [0.3, 0.4) is 0 Å². The molecule has 0 aromatic heterocycles. The van der Waals surface area contributed by atoms with Crippen LogP contribution in [0.15, 0.2) is 24.3 Å². The van der Waals surface area contributed by atoms with E-state index in [1.165, 1.54) is 11.3 Å². The van der Waals surface area contributed by atoms with Gasteiger partial charge in [0.15, 0.2) is 0 Å². The van der Waals surface area contributed by atoms with Crippen molar-refractivity contribution >= 4 is 5.69 Å². The Morgan fingerprint density at radius 2 is 1.80 bits per heavy atom. The highest BCUT2D eigenvalue weighted by molar-refractivity contribution is 5.48. The van der Waals surface area contributed by atoms with Gasteiger partial charge in [-0.1, -0.05) is 12.1 Å². The van der Waals surface area contributed by atoms with Crippen LogP contribution in [0.1, 0.15) is 18.5 Å². The maximum absolute atomic E-state index is 5.33. The Morgan fingerprint density at radius 1 is 1.20 bits per heavy atom. The summed E-state index contributed by atoms with van der Waals surface area (Å²) in [7, 11) is 0. The summed E-state index contributed by atoms with van der Waals surface area (Å²) in [5.41, 5.74) is 6.61. The van der Waals surface area contributed by atoms with Crippen LogP contribution in [0.4, 0.5) is 5.69 Å². The third-order valence-electron chi connectivity index (χ3n) is 2.84. The van der Waals surface area contributed by atoms with Crippen LogP contribution in [-0.4, -0.2) is 26.3 Å². The molecule has 1 aromatic rings. The van der Waals surface area contributed by atoms with E-state index in [0.717, 1.165) is 26.3 Å². The van der Waals surface area contributed by atoms with Gasteiger partial charge in [0.25, 0.3) is 0 Å². The van der Waals surface area contributed by atoms with Gasteiger partial charge in [-0.15, -0.1) is 0 Å². The number of anilines is 1. The average Bonchev–Trinajstić information content (AvgIpc) is 2.30. The van der Waals surface area contributed by atoms with E-state index >= 15 is 0 Å². The Hall–Kier alpha value is -1.06. The van der Waals surface area contributed by atoms with Gasteiger partial charge in [0.1, 0.15) is 6.04 Å². The molecular weight excluding hydrogens is 188 g/mol. The van der Waals surface area contributed by atoms with Crippen molar-refractivity contribution in [2.75, 3.05) is 31.2 Å². The molecule has 15 heavy (non-hydrogen) atoms. The largest absolute Gasteiger partial charge is 0.378 e. The zero-order chi connectivity index (χ0) is 10.7. The minimum absolute atomic E-state index is 0.365. The molecule has 2 rings (SSSR count). The maximum atomic E-state index is 5.33. The molecule has 3 N–H and O–H groups in total. The van der Waals surface area contributed by atoms with E-state index in [1.807, 2.05) is 0 Å². The van der Waals surface area contributed by atoms with Crippen LogP contribution >= 0.6 is 0 Å². The zero-order valence-corrected chi connectivity index (χ0v) is 9.28. The smallest absolute Gasteiger partial charge is 0.107 e. The van der Waals surface area contributed by atoms with Crippen LogP contribution in [-0.2, 0) is 4.74 Å². The standard InChI is InChI=1S/C12H18N2O/c1-10(13)11-2-4-12(5-3-11)14-6-8-15-9-7-14/h2-5,10H,6-9,13H2,1H3/p+1/t10-/m1/s1. The third-order valence-corrected chi connectivity index (χ3v) is 2.84. The SMILES string of the molecule is C[C@@H]([NH3+])c1ccc(N2CCOCC2)cc1. The first-order chi connectivity index (χ1) is 7.27. The quantitative estimate of drug-likeness (QED) is 0.780. The molecule has 1 atom stereocenters. The predicted octanol–water partition coefficient (Wildman–Crippen LogP) is 0.826. The van der Waals surface area contributed by atoms with Crippen molar-refractivity contribution in [1.82, 2.24) is 0 Å². The number of ether oxygens (including phenoxy) is 1. The summed E-state index contributed by atoms with van der Waals surface area (Å²) in [6, 6.07) is 9.07. The molecule has 1 aliphatic heterocycles. The van der Waals surface area contributed by atoms with Crippen molar-refractivity contribution in [3.63, 3.8) is 0 Å². The average molecular weight is 207 g/mol. The number of benzene rings is 1. The van der Waals surface area contributed by atoms with E-state index < -0.39 is 0 Å². The van der Waals surface area contributed by atoms with Gasteiger partial charge >= 0.3 is 0 Å². The van der Waals surface area contributed by atoms with Gasteiger partial charge in [0.2, 0.25) is 0 Å². The molecule has 1 aliphatic rings. The molecule has 0 aliphatic carbocycles. The Labute approximate surface area is 90.8 Å². The molecule has 3 heteroatoms. The van der Waals surface area contributed by atoms with Crippen molar-refractivity contribution in [2.45, 2.75) is 13.0 Å². The highest BCUT2D eigenvalue weighted by atomic mass is 16.5. The normalized spacial score (nSPS) is 18.9. The second-order valence-electron chi connectivity index (χ2n) is 4.09. The van der Waals surface area contributed by atoms with Gasteiger partial charge in [-0.25, -0.2) is 0 Å². The predicted molar refractivity (Wildman–Crippen MR) is 60.8 cm³/mol. The molecule has 1 heterocycles. The summed E-state index contributed by atoms with van der Waals surface area (Å²) in [5.74, 6) is 0. The van der Waals surface area contributed by atoms with Crippen LogP contribution in [0, 0.1) is 0 Å². The fraction of sp³-hybridized carbons (Fsp3) is 0.500. The number of nitrogens with zero attached hydrogens (tertiary/aromatic N) is 1. The number of quaternary nitrogens is 1. The minimum atomic E-state index is 0.365. The van der Waals surface area contributed by atoms with Crippen molar-refractivity contribution in [3.05, 3.63) is 29.8 Å². The first-order valence-electron chi connectivity index (χ1n) is 5.53. The first kappa shape index (κ1) is 10.5. The number of morpholine rings is 1. The number of hydrogen-bond donors (Lipinski definition) is 1. The molecule has 0 unspecified atom stereocenters. The first-order valence-corrected chi connectivity index (χ1v) is 5.53. The topological polar surface area (TPSA) is 40.1 Å². The lowest BCUT2D eigenvalue weighted by atomic mass is 10.1. The summed E-state index contributed by atoms with van der Waals surface area (Å²) in [4.78, 5) is 2.36. The summed E-state index contributed by atoms with van der Waals surface area (Å²) in [6.45, 7) is 5.79. The highest BCUT2D eigenvalue weighted by Crippen LogP contribution is 2.18. The molecule has 1 fully saturated rings. The molecule has 0 spiro atoms. The lowest BCUT2D eigenvalue weighted by Crippen LogP contribution is -2.51. The summed E-state index contributed by atoms with van der Waals surface area (Å²) in [6.07, 6.45) is 0. The fourth-order valence-corrected chi connectivity index (χ4v) is 1.84. The Balaban J connectivity index is 2.08. The van der Waals surface area contributed by atoms with Crippen LogP contribution in [0.5, 0.6) is 0 Å². The van der Waals surface area contributed by atoms with E-state index in [-0.39, 0.29) is 0 Å². The van der Waals surface area contributed by atoms with Gasteiger partial charge < -0.3 is 15.4 Å². The maximum Gasteiger partial charge on any atom is 0.107 e. The summed E-state index contributed by atoms with van der Waals surface area (Å²) < 4.78 is 5.33. The second kappa shape index (κ2) is 4.64. The fourth-order valence-electron chi connectivity index (χ4n) is 1.84. The number of hydrogen-bond acceptors (Lipinski definition) is 2. The van der Waals surface area contributed by atoms with E-state index in [0.29, 0.717) is 6.04 Å². The van der Waals surface area contributed by atoms with Gasteiger partial charge in [-0.05, 0) is 19.1 Å². The molecule has 0 amide bonds. The van der Waals surface area contributed by atoms with Crippen molar-refractivity contribution in [2.24, 2.45) is 0 Å². The van der Waals surface area contributed by atoms with Crippen LogP contribution in [0.25, 0.3) is 0 Å². The Morgan fingerprint density at radius 3 is 2.33 bits per heavy atom. The molecule has 82 valence electrons. The Bertz CT molecular complexity index is 302. The minimum Gasteiger partial charge on any atom is -0.378 e. The summed E-state index contributed by atoms with van der Waals surface area (Å²) >= 11 is 0. The lowest BCUT2D eigenvalue weighted by Gasteiger charge is -2.28. The molecule has 0 bridgehead atoms. The van der Waals surface area contributed by atoms with E-state index in [4.69, 9.17) is 4.74 Å². The van der Waals surface area contributed by atoms with Crippen LogP contribution < -0.4 is 10.6 Å². The molecule has 1 saturated heterocycles. The monoisotopic (exact) mass is 207 g/mol. The third kappa shape index (κ3) is 2.49. The van der Waals surface area contributed by atoms with E-state index in [1.54, 1.807) is 0 Å². The van der Waals surface area contributed by atoms with Gasteiger partial charge in [0.05, 0.1) is 13.2 Å². The van der Waals surface area contributed by atoms with Crippen LogP contribution in [0.2, 0.25) is 0 Å². The number of rotatable bonds is 2. The van der Waals surface area contributed by atoms with E-state index in [9.17, 15) is 0 Å². The van der Waals surface area contributed by atoms with Crippen molar-refractivity contribution < 1.29 is 10.5 Å². The van der Waals surface area contributed by atoms with E-state index in [2.05, 4.69) is 41.8 Å². The van der Waals surface area contributed by atoms with Crippen molar-refractivity contribution in [1.29, 1.82) is 0 Å². The molecule has 1 aromatic carbocycles. The second-order valence-corrected chi connectivity index (χ2v) is 4.09. The Kier molecular flexibility index (Phi) is 3.23. The summed E-state index contributed by atoms with van der Waals surface area (Å²) in [5, 5.41) is 0. The molecule has 0 radical (unpaired) electrons. The van der Waals surface area contributed by atoms with Gasteiger partial charge in [-0.3, -0.25) is 0 Å². The molecular formula is C12H19N2O+. The molecule has 0 saturated carbocycles. The van der Waals surface area contributed by atoms with Gasteiger partial charge in [0, 0.05) is 24.3 Å². The highest BCUT2D eigenvalue weighted by Gasteiger charge is 2.11. The van der Waals surface area contributed by atoms with Gasteiger partial charge in [-0.2, -0.15) is 0 Å². The zero-order valence-electron chi connectivity index (χ0n) is 9.28. The molecule has 3 nitrogen and oxygen atoms in total. The van der Waals surface area contributed by atoms with Crippen molar-refractivity contribution in [3.8, 4) is 0 Å². The lowest BCUT2D eigenvalue weighted by molar-refractivity contribution is -0.420.